The molecule has 0 aromatic carbocycles. The average Bonchev–Trinajstić information content (AvgIpc) is 3.51. The van der Waals surface area contributed by atoms with Crippen LogP contribution in [0.2, 0.25) is 0 Å². The molecule has 1 amide bonds. The Balaban J connectivity index is 1.24. The molecular formula is C28H41F2N5OS. The highest BCUT2D eigenvalue weighted by molar-refractivity contribution is 7.12. The van der Waals surface area contributed by atoms with E-state index >= 15 is 0 Å². The van der Waals surface area contributed by atoms with Gasteiger partial charge in [0.1, 0.15) is 11.6 Å². The van der Waals surface area contributed by atoms with Crippen LogP contribution in [0, 0.1) is 19.8 Å². The van der Waals surface area contributed by atoms with Crippen LogP contribution in [0.1, 0.15) is 111 Å². The Bertz CT molecular complexity index is 1070. The van der Waals surface area contributed by atoms with Gasteiger partial charge in [-0.1, -0.05) is 13.8 Å². The van der Waals surface area contributed by atoms with E-state index in [1.807, 2.05) is 0 Å². The predicted molar refractivity (Wildman–Crippen MR) is 142 cm³/mol. The Morgan fingerprint density at radius 3 is 2.35 bits per heavy atom. The predicted octanol–water partition coefficient (Wildman–Crippen LogP) is 6.32. The maximum atomic E-state index is 13.6. The van der Waals surface area contributed by atoms with E-state index in [2.05, 4.69) is 64.8 Å². The summed E-state index contributed by atoms with van der Waals surface area (Å²) in [5, 5.41) is 12.1. The summed E-state index contributed by atoms with van der Waals surface area (Å²) in [5.41, 5.74) is 0. The lowest BCUT2D eigenvalue weighted by molar-refractivity contribution is -0.130. The summed E-state index contributed by atoms with van der Waals surface area (Å²) in [6.45, 7) is 9.45. The number of piperidine rings is 1. The standard InChI is InChI=1S/C28H41F2N5OS/c1-17(2)26-33-32-19(4)35(26)23-15-21-6-7-22(16-23)34(21)14-11-24(25-8-5-18(3)37-25)31-27(36)20-9-12-28(29,30)13-10-20/h5,8,17,20-24H,6-7,9-16H2,1-4H3,(H,31,36)/t21-,22+,23-,24-/m0/s1. The van der Waals surface area contributed by atoms with Crippen molar-refractivity contribution in [3.05, 3.63) is 33.5 Å². The molecule has 4 atom stereocenters. The minimum absolute atomic E-state index is 0.0578. The molecule has 9 heteroatoms. The Hall–Kier alpha value is -1.87. The van der Waals surface area contributed by atoms with E-state index < -0.39 is 5.92 Å². The topological polar surface area (TPSA) is 63.1 Å². The third-order valence-electron chi connectivity index (χ3n) is 8.82. The maximum absolute atomic E-state index is 13.6. The highest BCUT2D eigenvalue weighted by atomic mass is 32.1. The number of hydrogen-bond donors (Lipinski definition) is 1. The van der Waals surface area contributed by atoms with Crippen molar-refractivity contribution < 1.29 is 13.6 Å². The second kappa shape index (κ2) is 10.7. The van der Waals surface area contributed by atoms with Gasteiger partial charge in [-0.05, 0) is 70.9 Å². The zero-order valence-electron chi connectivity index (χ0n) is 22.6. The third kappa shape index (κ3) is 5.77. The van der Waals surface area contributed by atoms with E-state index in [0.29, 0.717) is 24.0 Å². The summed E-state index contributed by atoms with van der Waals surface area (Å²) in [5.74, 6) is -0.529. The van der Waals surface area contributed by atoms with Crippen molar-refractivity contribution in [3.63, 3.8) is 0 Å². The van der Waals surface area contributed by atoms with Crippen LogP contribution in [0.15, 0.2) is 12.1 Å². The average molecular weight is 534 g/mol. The molecule has 0 spiro atoms. The number of hydrogen-bond acceptors (Lipinski definition) is 5. The van der Waals surface area contributed by atoms with Gasteiger partial charge in [-0.3, -0.25) is 9.69 Å². The van der Waals surface area contributed by atoms with Gasteiger partial charge in [0.2, 0.25) is 11.8 Å². The van der Waals surface area contributed by atoms with E-state index in [9.17, 15) is 13.6 Å². The third-order valence-corrected chi connectivity index (χ3v) is 9.93. The van der Waals surface area contributed by atoms with E-state index in [1.54, 1.807) is 11.3 Å². The number of aryl methyl sites for hydroxylation is 2. The molecule has 5 rings (SSSR count). The molecule has 0 radical (unpaired) electrons. The van der Waals surface area contributed by atoms with Crippen LogP contribution >= 0.6 is 11.3 Å². The fourth-order valence-corrected chi connectivity index (χ4v) is 7.81. The lowest BCUT2D eigenvalue weighted by atomic mass is 9.86. The molecule has 37 heavy (non-hydrogen) atoms. The van der Waals surface area contributed by atoms with Gasteiger partial charge in [-0.15, -0.1) is 21.5 Å². The number of carbonyl (C=O) groups excluding carboxylic acids is 1. The Kier molecular flexibility index (Phi) is 7.74. The van der Waals surface area contributed by atoms with Gasteiger partial charge in [-0.25, -0.2) is 8.78 Å². The number of amides is 1. The molecule has 3 aliphatic rings. The van der Waals surface area contributed by atoms with Crippen molar-refractivity contribution in [1.82, 2.24) is 25.0 Å². The van der Waals surface area contributed by atoms with Crippen molar-refractivity contribution in [1.29, 1.82) is 0 Å². The summed E-state index contributed by atoms with van der Waals surface area (Å²) in [4.78, 5) is 18.2. The van der Waals surface area contributed by atoms with Crippen molar-refractivity contribution in [2.75, 3.05) is 6.54 Å². The molecule has 6 nitrogen and oxygen atoms in total. The highest BCUT2D eigenvalue weighted by Crippen LogP contribution is 2.43. The lowest BCUT2D eigenvalue weighted by Gasteiger charge is -2.40. The van der Waals surface area contributed by atoms with E-state index in [0.717, 1.165) is 42.3 Å². The van der Waals surface area contributed by atoms with Gasteiger partial charge in [0.15, 0.2) is 0 Å². The van der Waals surface area contributed by atoms with Crippen molar-refractivity contribution >= 4 is 17.2 Å². The van der Waals surface area contributed by atoms with Gasteiger partial charge in [0.25, 0.3) is 0 Å². The minimum Gasteiger partial charge on any atom is -0.348 e. The molecule has 3 fully saturated rings. The van der Waals surface area contributed by atoms with E-state index in [4.69, 9.17) is 0 Å². The fraction of sp³-hybridized carbons (Fsp3) is 0.750. The first kappa shape index (κ1) is 26.7. The molecule has 1 N–H and O–H groups in total. The molecule has 4 heterocycles. The number of thiophene rings is 1. The summed E-state index contributed by atoms with van der Waals surface area (Å²) in [6, 6.07) is 5.66. The van der Waals surface area contributed by atoms with E-state index in [-0.39, 0.29) is 43.6 Å². The van der Waals surface area contributed by atoms with Gasteiger partial charge >= 0.3 is 0 Å². The summed E-state index contributed by atoms with van der Waals surface area (Å²) < 4.78 is 29.7. The monoisotopic (exact) mass is 533 g/mol. The number of alkyl halides is 2. The van der Waals surface area contributed by atoms with Gasteiger partial charge in [-0.2, -0.15) is 0 Å². The first-order chi connectivity index (χ1) is 17.6. The molecular weight excluding hydrogens is 492 g/mol. The van der Waals surface area contributed by atoms with Gasteiger partial charge in [0, 0.05) is 59.1 Å². The molecule has 2 aromatic rings. The number of carbonyl (C=O) groups is 1. The number of nitrogens with zero attached hydrogens (tertiary/aromatic N) is 4. The van der Waals surface area contributed by atoms with Crippen molar-refractivity contribution in [2.24, 2.45) is 5.92 Å². The van der Waals surface area contributed by atoms with Crippen LogP contribution < -0.4 is 5.32 Å². The minimum atomic E-state index is -2.62. The normalized spacial score (nSPS) is 27.1. The van der Waals surface area contributed by atoms with E-state index in [1.165, 1.54) is 17.7 Å². The molecule has 0 unspecified atom stereocenters. The second-order valence-electron chi connectivity index (χ2n) is 11.8. The Morgan fingerprint density at radius 2 is 1.76 bits per heavy atom. The molecule has 2 bridgehead atoms. The molecule has 204 valence electrons. The summed E-state index contributed by atoms with van der Waals surface area (Å²) >= 11 is 1.72. The maximum Gasteiger partial charge on any atom is 0.248 e. The second-order valence-corrected chi connectivity index (χ2v) is 13.1. The van der Waals surface area contributed by atoms with Gasteiger partial charge in [0.05, 0.1) is 6.04 Å². The van der Waals surface area contributed by atoms with Crippen molar-refractivity contribution in [2.45, 2.75) is 121 Å². The molecule has 2 aromatic heterocycles. The lowest BCUT2D eigenvalue weighted by Crippen LogP contribution is -2.45. The summed E-state index contributed by atoms with van der Waals surface area (Å²) in [6.07, 6.45) is 5.67. The quantitative estimate of drug-likeness (QED) is 0.431. The molecule has 1 saturated carbocycles. The SMILES string of the molecule is Cc1ccc([C@H](CCN2[C@@H]3CC[C@H]2C[C@H](n2c(C)nnc2C(C)C)C3)NC(=O)C2CCC(F)(F)CC2)s1. The van der Waals surface area contributed by atoms with Crippen LogP contribution in [0.25, 0.3) is 0 Å². The summed E-state index contributed by atoms with van der Waals surface area (Å²) in [7, 11) is 0. The Labute approximate surface area is 223 Å². The molecule has 2 saturated heterocycles. The zero-order valence-corrected chi connectivity index (χ0v) is 23.4. The fourth-order valence-electron chi connectivity index (χ4n) is 6.85. The number of nitrogens with one attached hydrogen (secondary N) is 1. The zero-order chi connectivity index (χ0) is 26.3. The molecule has 1 aliphatic carbocycles. The van der Waals surface area contributed by atoms with Crippen LogP contribution in [-0.2, 0) is 4.79 Å². The van der Waals surface area contributed by atoms with Crippen LogP contribution in [0.5, 0.6) is 0 Å². The van der Waals surface area contributed by atoms with Crippen LogP contribution in [-0.4, -0.2) is 50.1 Å². The number of rotatable bonds is 8. The largest absolute Gasteiger partial charge is 0.348 e. The smallest absolute Gasteiger partial charge is 0.248 e. The first-order valence-corrected chi connectivity index (χ1v) is 14.8. The molecule has 2 aliphatic heterocycles. The highest BCUT2D eigenvalue weighted by Gasteiger charge is 2.42. The van der Waals surface area contributed by atoms with Gasteiger partial charge < -0.3 is 9.88 Å². The number of halogens is 2. The number of aromatic nitrogens is 3. The van der Waals surface area contributed by atoms with Crippen LogP contribution in [0.4, 0.5) is 8.78 Å². The van der Waals surface area contributed by atoms with Crippen molar-refractivity contribution in [3.8, 4) is 0 Å². The first-order valence-electron chi connectivity index (χ1n) is 14.0. The Morgan fingerprint density at radius 1 is 1.08 bits per heavy atom. The number of fused-ring (bicyclic) bond motifs is 2. The van der Waals surface area contributed by atoms with Crippen LogP contribution in [0.3, 0.4) is 0 Å².